The molecule has 1 aromatic carbocycles. The predicted molar refractivity (Wildman–Crippen MR) is 86.7 cm³/mol. The quantitative estimate of drug-likeness (QED) is 0.804. The summed E-state index contributed by atoms with van der Waals surface area (Å²) >= 11 is 0. The molecule has 7 heteroatoms. The summed E-state index contributed by atoms with van der Waals surface area (Å²) in [5.74, 6) is 1.01. The summed E-state index contributed by atoms with van der Waals surface area (Å²) in [5.41, 5.74) is 7.25. The maximum atomic E-state index is 11.7. The van der Waals surface area contributed by atoms with Crippen LogP contribution in [0.1, 0.15) is 38.9 Å². The van der Waals surface area contributed by atoms with Crippen molar-refractivity contribution in [2.75, 3.05) is 5.32 Å². The smallest absolute Gasteiger partial charge is 0.319 e. The molecule has 1 heterocycles. The van der Waals surface area contributed by atoms with E-state index in [2.05, 4.69) is 20.8 Å². The van der Waals surface area contributed by atoms with Crippen LogP contribution in [-0.4, -0.2) is 22.2 Å². The molecule has 1 saturated carbocycles. The molecule has 1 aromatic heterocycles. The van der Waals surface area contributed by atoms with Gasteiger partial charge in [0.25, 0.3) is 5.89 Å². The van der Waals surface area contributed by atoms with Crippen molar-refractivity contribution in [2.45, 2.75) is 44.7 Å². The zero-order valence-electron chi connectivity index (χ0n) is 13.3. The van der Waals surface area contributed by atoms with Crippen LogP contribution in [-0.2, 0) is 5.54 Å². The number of urea groups is 1. The first kappa shape index (κ1) is 15.5. The van der Waals surface area contributed by atoms with Crippen molar-refractivity contribution in [2.24, 2.45) is 5.73 Å². The fraction of sp³-hybridized carbons (Fsp3) is 0.438. The van der Waals surface area contributed by atoms with Gasteiger partial charge in [0, 0.05) is 17.3 Å². The Morgan fingerprint density at radius 1 is 1.30 bits per heavy atom. The molecule has 0 aliphatic heterocycles. The molecular formula is C16H21N5O2. The summed E-state index contributed by atoms with van der Waals surface area (Å²) in [5, 5.41) is 9.53. The average Bonchev–Trinajstić information content (AvgIpc) is 2.94. The van der Waals surface area contributed by atoms with Crippen LogP contribution in [0.15, 0.2) is 28.8 Å². The Morgan fingerprint density at radius 2 is 2.00 bits per heavy atom. The van der Waals surface area contributed by atoms with Gasteiger partial charge < -0.3 is 20.9 Å². The van der Waals surface area contributed by atoms with E-state index in [0.29, 0.717) is 17.4 Å². The minimum absolute atomic E-state index is 0.0844. The first-order chi connectivity index (χ1) is 11.0. The number of carbonyl (C=O) groups excluding carboxylic acids is 1. The number of aromatic nitrogens is 2. The summed E-state index contributed by atoms with van der Waals surface area (Å²) in [6, 6.07) is 7.09. The Bertz CT molecular complexity index is 689. The van der Waals surface area contributed by atoms with Gasteiger partial charge in [0.1, 0.15) is 0 Å². The molecule has 0 bridgehead atoms. The highest BCUT2D eigenvalue weighted by atomic mass is 16.5. The normalized spacial score (nSPS) is 16.0. The van der Waals surface area contributed by atoms with Crippen molar-refractivity contribution >= 4 is 11.7 Å². The van der Waals surface area contributed by atoms with Crippen LogP contribution in [0.2, 0.25) is 0 Å². The zero-order valence-corrected chi connectivity index (χ0v) is 13.3. The van der Waals surface area contributed by atoms with Gasteiger partial charge in [-0.2, -0.15) is 4.98 Å². The molecule has 0 radical (unpaired) electrons. The van der Waals surface area contributed by atoms with E-state index >= 15 is 0 Å². The van der Waals surface area contributed by atoms with Crippen LogP contribution in [0.25, 0.3) is 11.5 Å². The van der Waals surface area contributed by atoms with Gasteiger partial charge in [-0.25, -0.2) is 4.79 Å². The third kappa shape index (κ3) is 3.34. The van der Waals surface area contributed by atoms with Gasteiger partial charge in [-0.05, 0) is 57.4 Å². The van der Waals surface area contributed by atoms with E-state index in [1.54, 1.807) is 12.1 Å². The third-order valence-corrected chi connectivity index (χ3v) is 3.93. The number of nitrogens with two attached hydrogens (primary N) is 1. The molecule has 4 N–H and O–H groups in total. The van der Waals surface area contributed by atoms with Crippen LogP contribution in [0.4, 0.5) is 10.5 Å². The van der Waals surface area contributed by atoms with E-state index in [-0.39, 0.29) is 12.1 Å². The fourth-order valence-corrected chi connectivity index (χ4v) is 2.45. The van der Waals surface area contributed by atoms with Crippen molar-refractivity contribution in [3.63, 3.8) is 0 Å². The molecule has 0 spiro atoms. The monoisotopic (exact) mass is 315 g/mol. The van der Waals surface area contributed by atoms with Gasteiger partial charge >= 0.3 is 6.03 Å². The molecule has 1 aliphatic rings. The summed E-state index contributed by atoms with van der Waals surface area (Å²) in [7, 11) is 0. The van der Waals surface area contributed by atoms with E-state index in [4.69, 9.17) is 10.3 Å². The van der Waals surface area contributed by atoms with Crippen molar-refractivity contribution < 1.29 is 9.32 Å². The lowest BCUT2D eigenvalue weighted by Gasteiger charge is -2.34. The van der Waals surface area contributed by atoms with E-state index in [9.17, 15) is 4.79 Å². The lowest BCUT2D eigenvalue weighted by Crippen LogP contribution is -2.44. The number of rotatable bonds is 4. The average molecular weight is 315 g/mol. The van der Waals surface area contributed by atoms with Crippen molar-refractivity contribution in [3.8, 4) is 11.5 Å². The van der Waals surface area contributed by atoms with E-state index in [0.717, 1.165) is 24.8 Å². The highest BCUT2D eigenvalue weighted by molar-refractivity contribution is 5.89. The summed E-state index contributed by atoms with van der Waals surface area (Å²) in [6.45, 7) is 3.81. The molecule has 1 aliphatic carbocycles. The highest BCUT2D eigenvalue weighted by Crippen LogP contribution is 2.37. The highest BCUT2D eigenvalue weighted by Gasteiger charge is 2.39. The molecule has 0 unspecified atom stereocenters. The number of anilines is 1. The van der Waals surface area contributed by atoms with Gasteiger partial charge in [0.2, 0.25) is 0 Å². The second-order valence-corrected chi connectivity index (χ2v) is 6.26. The zero-order chi connectivity index (χ0) is 16.4. The topological polar surface area (TPSA) is 106 Å². The number of amides is 2. The van der Waals surface area contributed by atoms with Crippen molar-refractivity contribution in [1.82, 2.24) is 15.5 Å². The molecule has 23 heavy (non-hydrogen) atoms. The Labute approximate surface area is 134 Å². The van der Waals surface area contributed by atoms with Crippen molar-refractivity contribution in [1.29, 1.82) is 0 Å². The molecule has 3 rings (SSSR count). The largest absolute Gasteiger partial charge is 0.336 e. The Kier molecular flexibility index (Phi) is 4.04. The maximum Gasteiger partial charge on any atom is 0.319 e. The number of hydrogen-bond acceptors (Lipinski definition) is 5. The maximum absolute atomic E-state index is 11.7. The first-order valence-corrected chi connectivity index (χ1v) is 7.77. The van der Waals surface area contributed by atoms with Crippen LogP contribution in [0, 0.1) is 0 Å². The minimum atomic E-state index is -0.432. The van der Waals surface area contributed by atoms with Crippen LogP contribution < -0.4 is 16.4 Å². The Hall–Kier alpha value is -2.41. The van der Waals surface area contributed by atoms with E-state index in [1.807, 2.05) is 26.0 Å². The third-order valence-electron chi connectivity index (χ3n) is 3.93. The molecule has 0 saturated heterocycles. The first-order valence-electron chi connectivity index (χ1n) is 7.77. The Balaban J connectivity index is 1.69. The summed E-state index contributed by atoms with van der Waals surface area (Å²) in [6.07, 6.45) is 2.87. The second kappa shape index (κ2) is 6.00. The number of hydrogen-bond donors (Lipinski definition) is 3. The minimum Gasteiger partial charge on any atom is -0.336 e. The van der Waals surface area contributed by atoms with E-state index in [1.165, 1.54) is 0 Å². The number of nitrogens with one attached hydrogen (secondary N) is 2. The van der Waals surface area contributed by atoms with E-state index < -0.39 is 5.54 Å². The molecule has 122 valence electrons. The van der Waals surface area contributed by atoms with Crippen LogP contribution in [0.3, 0.4) is 0 Å². The standard InChI is InChI=1S/C16H21N5O2/c1-10(2)18-15(22)19-12-6-4-11(5-7-12)13-20-14(21-23-13)16(17)8-3-9-16/h4-7,10H,3,8-9,17H2,1-2H3,(H2,18,19,22). The molecule has 0 atom stereocenters. The number of benzene rings is 1. The van der Waals surface area contributed by atoms with Gasteiger partial charge in [0.05, 0.1) is 5.54 Å². The lowest BCUT2D eigenvalue weighted by atomic mass is 9.77. The Morgan fingerprint density at radius 3 is 2.57 bits per heavy atom. The molecule has 2 aromatic rings. The van der Waals surface area contributed by atoms with Gasteiger partial charge in [-0.15, -0.1) is 0 Å². The molecular weight excluding hydrogens is 294 g/mol. The summed E-state index contributed by atoms with van der Waals surface area (Å²) < 4.78 is 5.31. The fourth-order valence-electron chi connectivity index (χ4n) is 2.45. The molecule has 7 nitrogen and oxygen atoms in total. The van der Waals surface area contributed by atoms with Gasteiger partial charge in [-0.1, -0.05) is 5.16 Å². The predicted octanol–water partition coefficient (Wildman–Crippen LogP) is 2.60. The summed E-state index contributed by atoms with van der Waals surface area (Å²) in [4.78, 5) is 16.1. The lowest BCUT2D eigenvalue weighted by molar-refractivity contribution is 0.229. The molecule has 1 fully saturated rings. The SMILES string of the molecule is CC(C)NC(=O)Nc1ccc(-c2nc(C3(N)CCC3)no2)cc1. The second-order valence-electron chi connectivity index (χ2n) is 6.26. The van der Waals surface area contributed by atoms with Crippen LogP contribution in [0.5, 0.6) is 0 Å². The van der Waals surface area contributed by atoms with Crippen LogP contribution >= 0.6 is 0 Å². The van der Waals surface area contributed by atoms with Gasteiger partial charge in [0.15, 0.2) is 5.82 Å². The van der Waals surface area contributed by atoms with Gasteiger partial charge in [-0.3, -0.25) is 0 Å². The number of carbonyl (C=O) groups is 1. The molecule has 2 amide bonds. The number of nitrogens with zero attached hydrogens (tertiary/aromatic N) is 2. The van der Waals surface area contributed by atoms with Crippen molar-refractivity contribution in [3.05, 3.63) is 30.1 Å².